The highest BCUT2D eigenvalue weighted by atomic mass is 127. The number of halogens is 1. The van der Waals surface area contributed by atoms with E-state index in [2.05, 4.69) is 28.8 Å². The first kappa shape index (κ1) is 21.8. The van der Waals surface area contributed by atoms with Gasteiger partial charge in [0, 0.05) is 45.0 Å². The third-order valence-electron chi connectivity index (χ3n) is 3.41. The number of aliphatic imine (C=N–C) groups is 1. The van der Waals surface area contributed by atoms with E-state index in [-0.39, 0.29) is 36.4 Å². The molecule has 1 saturated heterocycles. The average molecular weight is 444 g/mol. The second kappa shape index (κ2) is 12.2. The molecule has 6 nitrogen and oxygen atoms in total. The Hall–Kier alpha value is -0.220. The van der Waals surface area contributed by atoms with Crippen LogP contribution >= 0.6 is 35.7 Å². The van der Waals surface area contributed by atoms with E-state index < -0.39 is 0 Å². The lowest BCUT2D eigenvalue weighted by Crippen LogP contribution is -2.42. The van der Waals surface area contributed by atoms with Crippen LogP contribution in [0.25, 0.3) is 0 Å². The Balaban J connectivity index is 0.00000441. The molecule has 0 radical (unpaired) electrons. The number of carbonyl (C=O) groups excluding carboxylic acids is 1. The van der Waals surface area contributed by atoms with Crippen molar-refractivity contribution in [3.05, 3.63) is 0 Å². The first-order chi connectivity index (χ1) is 10.0. The van der Waals surface area contributed by atoms with Gasteiger partial charge in [-0.05, 0) is 12.7 Å². The smallest absolute Gasteiger partial charge is 0.243 e. The summed E-state index contributed by atoms with van der Waals surface area (Å²) >= 11 is 1.80. The van der Waals surface area contributed by atoms with Crippen molar-refractivity contribution in [1.29, 1.82) is 0 Å². The number of nitrogens with zero attached hydrogens (tertiary/aromatic N) is 2. The molecule has 1 fully saturated rings. The number of carbonyl (C=O) groups is 1. The number of ether oxygens (including phenoxy) is 1. The van der Waals surface area contributed by atoms with Gasteiger partial charge >= 0.3 is 0 Å². The minimum atomic E-state index is -0.00165. The topological polar surface area (TPSA) is 66.0 Å². The van der Waals surface area contributed by atoms with Crippen molar-refractivity contribution < 1.29 is 9.53 Å². The first-order valence-electron chi connectivity index (χ1n) is 7.35. The fraction of sp³-hybridized carbons (Fsp3) is 0.857. The van der Waals surface area contributed by atoms with Gasteiger partial charge in [0.1, 0.15) is 6.54 Å². The molecule has 2 unspecified atom stereocenters. The van der Waals surface area contributed by atoms with Gasteiger partial charge in [-0.3, -0.25) is 4.79 Å². The maximum absolute atomic E-state index is 11.6. The Kier molecular flexibility index (Phi) is 12.1. The van der Waals surface area contributed by atoms with Crippen LogP contribution in [0.2, 0.25) is 0 Å². The van der Waals surface area contributed by atoms with Crippen LogP contribution in [-0.2, 0) is 9.53 Å². The molecule has 1 heterocycles. The molecule has 0 bridgehead atoms. The van der Waals surface area contributed by atoms with Gasteiger partial charge in [-0.2, -0.15) is 11.8 Å². The predicted octanol–water partition coefficient (Wildman–Crippen LogP) is 1.02. The largest absolute Gasteiger partial charge is 0.381 e. The van der Waals surface area contributed by atoms with E-state index >= 15 is 0 Å². The number of rotatable bonds is 7. The van der Waals surface area contributed by atoms with Crippen LogP contribution < -0.4 is 10.6 Å². The molecule has 130 valence electrons. The molecular formula is C14H29IN4O2S. The molecule has 1 aliphatic rings. The fourth-order valence-corrected chi connectivity index (χ4v) is 2.02. The number of hydrogen-bond acceptors (Lipinski definition) is 4. The molecule has 8 heteroatoms. The number of hydrogen-bond donors (Lipinski definition) is 2. The minimum Gasteiger partial charge on any atom is -0.381 e. The van der Waals surface area contributed by atoms with Gasteiger partial charge < -0.3 is 20.3 Å². The number of guanidine groups is 1. The van der Waals surface area contributed by atoms with Gasteiger partial charge in [0.05, 0.1) is 6.61 Å². The molecule has 0 aliphatic carbocycles. The highest BCUT2D eigenvalue weighted by molar-refractivity contribution is 14.0. The summed E-state index contributed by atoms with van der Waals surface area (Å²) in [6, 6.07) is 0. The van der Waals surface area contributed by atoms with Crippen LogP contribution in [0.15, 0.2) is 4.99 Å². The molecule has 1 amide bonds. The molecule has 1 rings (SSSR count). The zero-order valence-electron chi connectivity index (χ0n) is 13.9. The monoisotopic (exact) mass is 444 g/mol. The van der Waals surface area contributed by atoms with Crippen molar-refractivity contribution in [1.82, 2.24) is 15.5 Å². The average Bonchev–Trinajstić information content (AvgIpc) is 2.98. The standard InChI is InChI=1S/C14H28N4O2S.HI/c1-11(21-4)7-15-14(17-9-13(19)18(2)3)16-8-12-5-6-20-10-12;/h11-12H,5-10H2,1-4H3,(H2,15,16,17);1H. The van der Waals surface area contributed by atoms with E-state index in [9.17, 15) is 4.79 Å². The van der Waals surface area contributed by atoms with Crippen LogP contribution in [0.5, 0.6) is 0 Å². The van der Waals surface area contributed by atoms with Gasteiger partial charge in [-0.1, -0.05) is 6.92 Å². The van der Waals surface area contributed by atoms with Crippen molar-refractivity contribution in [2.45, 2.75) is 18.6 Å². The Morgan fingerprint density at radius 3 is 2.73 bits per heavy atom. The van der Waals surface area contributed by atoms with Crippen molar-refractivity contribution in [2.75, 3.05) is 53.2 Å². The number of amides is 1. The van der Waals surface area contributed by atoms with E-state index in [4.69, 9.17) is 4.74 Å². The quantitative estimate of drug-likeness (QED) is 0.349. The SMILES string of the molecule is CSC(C)CNC(=NCC(=O)N(C)C)NCC1CCOC1.I. The summed E-state index contributed by atoms with van der Waals surface area (Å²) in [5.74, 6) is 1.23. The van der Waals surface area contributed by atoms with Crippen molar-refractivity contribution in [3.63, 3.8) is 0 Å². The Morgan fingerprint density at radius 1 is 1.45 bits per heavy atom. The molecule has 0 saturated carbocycles. The normalized spacial score (nSPS) is 19.3. The zero-order chi connectivity index (χ0) is 15.7. The van der Waals surface area contributed by atoms with Crippen LogP contribution in [-0.4, -0.2) is 75.2 Å². The summed E-state index contributed by atoms with van der Waals surface area (Å²) in [4.78, 5) is 17.6. The molecule has 0 spiro atoms. The van der Waals surface area contributed by atoms with Crippen LogP contribution in [0.1, 0.15) is 13.3 Å². The molecule has 0 aromatic rings. The lowest BCUT2D eigenvalue weighted by Gasteiger charge is -2.17. The van der Waals surface area contributed by atoms with Gasteiger partial charge in [0.15, 0.2) is 5.96 Å². The van der Waals surface area contributed by atoms with Crippen LogP contribution in [0.4, 0.5) is 0 Å². The summed E-state index contributed by atoms with van der Waals surface area (Å²) in [5, 5.41) is 7.11. The molecule has 0 aromatic carbocycles. The third kappa shape index (κ3) is 9.04. The van der Waals surface area contributed by atoms with Gasteiger partial charge in [0.25, 0.3) is 0 Å². The summed E-state index contributed by atoms with van der Waals surface area (Å²) in [7, 11) is 3.48. The maximum atomic E-state index is 11.6. The minimum absolute atomic E-state index is 0. The van der Waals surface area contributed by atoms with Crippen LogP contribution in [0.3, 0.4) is 0 Å². The van der Waals surface area contributed by atoms with Crippen molar-refractivity contribution >= 4 is 47.6 Å². The first-order valence-corrected chi connectivity index (χ1v) is 8.64. The molecule has 1 aliphatic heterocycles. The second-order valence-electron chi connectivity index (χ2n) is 5.49. The summed E-state index contributed by atoms with van der Waals surface area (Å²) in [5.41, 5.74) is 0. The zero-order valence-corrected chi connectivity index (χ0v) is 17.1. The Morgan fingerprint density at radius 2 is 2.18 bits per heavy atom. The lowest BCUT2D eigenvalue weighted by atomic mass is 10.1. The van der Waals surface area contributed by atoms with E-state index in [1.807, 2.05) is 0 Å². The third-order valence-corrected chi connectivity index (χ3v) is 4.38. The molecule has 2 N–H and O–H groups in total. The fourth-order valence-electron chi connectivity index (χ4n) is 1.77. The van der Waals surface area contributed by atoms with Crippen LogP contribution in [0, 0.1) is 5.92 Å². The van der Waals surface area contributed by atoms with E-state index in [1.165, 1.54) is 0 Å². The second-order valence-corrected chi connectivity index (χ2v) is 6.77. The Bertz CT molecular complexity index is 350. The highest BCUT2D eigenvalue weighted by Crippen LogP contribution is 2.10. The summed E-state index contributed by atoms with van der Waals surface area (Å²) in [6.07, 6.45) is 3.17. The van der Waals surface area contributed by atoms with E-state index in [0.29, 0.717) is 17.1 Å². The van der Waals surface area contributed by atoms with Gasteiger partial charge in [-0.15, -0.1) is 24.0 Å². The Labute approximate surface area is 155 Å². The number of thioether (sulfide) groups is 1. The molecule has 2 atom stereocenters. The molecular weight excluding hydrogens is 415 g/mol. The summed E-state index contributed by atoms with van der Waals surface area (Å²) in [6.45, 7) is 5.62. The molecule has 0 aromatic heterocycles. The number of likely N-dealkylation sites (N-methyl/N-ethyl adjacent to an activating group) is 1. The van der Waals surface area contributed by atoms with Crippen molar-refractivity contribution in [2.24, 2.45) is 10.9 Å². The van der Waals surface area contributed by atoms with Gasteiger partial charge in [0.2, 0.25) is 5.91 Å². The highest BCUT2D eigenvalue weighted by Gasteiger charge is 2.16. The maximum Gasteiger partial charge on any atom is 0.243 e. The van der Waals surface area contributed by atoms with Crippen molar-refractivity contribution in [3.8, 4) is 0 Å². The predicted molar refractivity (Wildman–Crippen MR) is 104 cm³/mol. The van der Waals surface area contributed by atoms with Gasteiger partial charge in [-0.25, -0.2) is 4.99 Å². The van der Waals surface area contributed by atoms with E-state index in [0.717, 1.165) is 32.7 Å². The molecule has 22 heavy (non-hydrogen) atoms. The van der Waals surface area contributed by atoms with E-state index in [1.54, 1.807) is 30.8 Å². The lowest BCUT2D eigenvalue weighted by molar-refractivity contribution is -0.127. The number of nitrogens with one attached hydrogen (secondary N) is 2. The summed E-state index contributed by atoms with van der Waals surface area (Å²) < 4.78 is 5.37.